The number of amidine groups is 1. The average Bonchev–Trinajstić information content (AvgIpc) is 3.08. The monoisotopic (exact) mass is 436 g/mol. The maximum atomic E-state index is 6.60. The second-order valence-electron chi connectivity index (χ2n) is 9.24. The molecule has 4 atom stereocenters. The van der Waals surface area contributed by atoms with Crippen molar-refractivity contribution in [3.05, 3.63) is 71.8 Å². The number of unbranched alkanes of at least 4 members (excludes halogenated alkanes) is 1. The van der Waals surface area contributed by atoms with Crippen LogP contribution in [0.5, 0.6) is 0 Å². The highest BCUT2D eigenvalue weighted by molar-refractivity contribution is 5.75. The molecule has 2 aliphatic rings. The van der Waals surface area contributed by atoms with Gasteiger partial charge in [-0.3, -0.25) is 0 Å². The molecule has 0 radical (unpaired) electrons. The van der Waals surface area contributed by atoms with Gasteiger partial charge in [-0.2, -0.15) is 0 Å². The zero-order valence-electron chi connectivity index (χ0n) is 19.7. The first-order valence-corrected chi connectivity index (χ1v) is 11.8. The minimum Gasteiger partial charge on any atom is -0.468 e. The Labute approximate surface area is 192 Å². The third-order valence-electron chi connectivity index (χ3n) is 6.35. The standard InChI is InChI=1S/C27H36N2O3/c1-5-6-17-29-23(19-21-15-11-8-12-16-21)25-24(31-27(2,3)32-25)22(28-26(29)30-4)18-20-13-9-7-10-14-20/h7-16,22-25H,5-6,17-19H2,1-4H3/t22-,23-,24+,25+/m1/s1. The number of aliphatic imine (C=N–C) groups is 1. The quantitative estimate of drug-likeness (QED) is 0.623. The Balaban J connectivity index is 1.74. The summed E-state index contributed by atoms with van der Waals surface area (Å²) in [6, 6.07) is 21.8. The normalized spacial score (nSPS) is 26.9. The third-order valence-corrected chi connectivity index (χ3v) is 6.35. The molecule has 0 aromatic heterocycles. The van der Waals surface area contributed by atoms with Crippen LogP contribution < -0.4 is 0 Å². The zero-order chi connectivity index (χ0) is 22.6. The number of methoxy groups -OCH3 is 1. The van der Waals surface area contributed by atoms with E-state index in [0.717, 1.165) is 32.2 Å². The zero-order valence-corrected chi connectivity index (χ0v) is 19.7. The lowest BCUT2D eigenvalue weighted by molar-refractivity contribution is -0.152. The predicted octanol–water partition coefficient (Wildman–Crippen LogP) is 4.85. The van der Waals surface area contributed by atoms with Crippen LogP contribution in [0.4, 0.5) is 0 Å². The van der Waals surface area contributed by atoms with Crippen LogP contribution in [0.1, 0.15) is 44.7 Å². The molecule has 1 saturated heterocycles. The predicted molar refractivity (Wildman–Crippen MR) is 128 cm³/mol. The van der Waals surface area contributed by atoms with Crippen LogP contribution in [0.25, 0.3) is 0 Å². The summed E-state index contributed by atoms with van der Waals surface area (Å²) in [5.74, 6) is -0.643. The van der Waals surface area contributed by atoms with E-state index in [0.29, 0.717) is 6.02 Å². The fourth-order valence-corrected chi connectivity index (χ4v) is 4.88. The summed E-state index contributed by atoms with van der Waals surface area (Å²) in [4.78, 5) is 7.46. The molecule has 2 heterocycles. The Kier molecular flexibility index (Phi) is 7.17. The van der Waals surface area contributed by atoms with Crippen molar-refractivity contribution in [2.45, 2.75) is 76.5 Å². The Hall–Kier alpha value is -2.37. The molecule has 5 heteroatoms. The van der Waals surface area contributed by atoms with Gasteiger partial charge < -0.3 is 19.1 Å². The number of rotatable bonds is 7. The van der Waals surface area contributed by atoms with Crippen LogP contribution in [0.2, 0.25) is 0 Å². The lowest BCUT2D eigenvalue weighted by Crippen LogP contribution is -2.51. The summed E-state index contributed by atoms with van der Waals surface area (Å²) < 4.78 is 19.0. The maximum Gasteiger partial charge on any atom is 0.287 e. The van der Waals surface area contributed by atoms with E-state index in [1.54, 1.807) is 7.11 Å². The van der Waals surface area contributed by atoms with E-state index in [4.69, 9.17) is 19.2 Å². The largest absolute Gasteiger partial charge is 0.468 e. The molecule has 1 fully saturated rings. The first-order valence-electron chi connectivity index (χ1n) is 11.8. The van der Waals surface area contributed by atoms with Gasteiger partial charge >= 0.3 is 0 Å². The van der Waals surface area contributed by atoms with Gasteiger partial charge in [-0.05, 0) is 44.2 Å². The molecule has 0 spiro atoms. The topological polar surface area (TPSA) is 43.3 Å². The fourth-order valence-electron chi connectivity index (χ4n) is 4.88. The summed E-state index contributed by atoms with van der Waals surface area (Å²) in [5.41, 5.74) is 2.52. The summed E-state index contributed by atoms with van der Waals surface area (Å²) in [6.07, 6.45) is 3.57. The Morgan fingerprint density at radius 1 is 0.906 bits per heavy atom. The van der Waals surface area contributed by atoms with E-state index in [-0.39, 0.29) is 24.3 Å². The van der Waals surface area contributed by atoms with E-state index < -0.39 is 5.79 Å². The molecule has 2 aromatic carbocycles. The Morgan fingerprint density at radius 2 is 1.50 bits per heavy atom. The molecule has 0 unspecified atom stereocenters. The van der Waals surface area contributed by atoms with Crippen molar-refractivity contribution in [2.24, 2.45) is 4.99 Å². The van der Waals surface area contributed by atoms with Gasteiger partial charge in [-0.1, -0.05) is 74.0 Å². The molecular weight excluding hydrogens is 400 g/mol. The van der Waals surface area contributed by atoms with Gasteiger partial charge in [0.1, 0.15) is 12.2 Å². The second-order valence-corrected chi connectivity index (χ2v) is 9.24. The molecule has 5 nitrogen and oxygen atoms in total. The van der Waals surface area contributed by atoms with Crippen LogP contribution in [0.15, 0.2) is 65.7 Å². The summed E-state index contributed by atoms with van der Waals surface area (Å²) in [6.45, 7) is 7.12. The molecule has 0 saturated carbocycles. The van der Waals surface area contributed by atoms with Gasteiger partial charge in [-0.15, -0.1) is 0 Å². The van der Waals surface area contributed by atoms with Crippen molar-refractivity contribution in [2.75, 3.05) is 13.7 Å². The minimum absolute atomic E-state index is 0.0789. The van der Waals surface area contributed by atoms with E-state index in [1.807, 2.05) is 19.9 Å². The number of nitrogens with zero attached hydrogens (tertiary/aromatic N) is 2. The highest BCUT2D eigenvalue weighted by Crippen LogP contribution is 2.38. The number of ether oxygens (including phenoxy) is 3. The number of benzene rings is 2. The molecule has 0 N–H and O–H groups in total. The van der Waals surface area contributed by atoms with Crippen molar-refractivity contribution >= 4 is 6.02 Å². The summed E-state index contributed by atoms with van der Waals surface area (Å²) >= 11 is 0. The first-order chi connectivity index (χ1) is 15.5. The highest BCUT2D eigenvalue weighted by atomic mass is 16.8. The Bertz CT molecular complexity index is 884. The van der Waals surface area contributed by atoms with Gasteiger partial charge in [0.15, 0.2) is 5.79 Å². The van der Waals surface area contributed by atoms with Gasteiger partial charge in [0.2, 0.25) is 0 Å². The molecule has 2 aliphatic heterocycles. The SMILES string of the molecule is CCCCN1C(OC)=N[C@H](Cc2ccccc2)[C@@H]2OC(C)(C)O[C@H]2[C@H]1Cc1ccccc1. The van der Waals surface area contributed by atoms with Gasteiger partial charge in [0.05, 0.1) is 19.2 Å². The van der Waals surface area contributed by atoms with Crippen molar-refractivity contribution in [3.8, 4) is 0 Å². The molecule has 32 heavy (non-hydrogen) atoms. The third kappa shape index (κ3) is 5.16. The minimum atomic E-state index is -0.643. The highest BCUT2D eigenvalue weighted by Gasteiger charge is 2.52. The van der Waals surface area contributed by atoms with Crippen LogP contribution in [0.3, 0.4) is 0 Å². The fraction of sp³-hybridized carbons (Fsp3) is 0.519. The number of hydrogen-bond donors (Lipinski definition) is 0. The van der Waals surface area contributed by atoms with Crippen LogP contribution in [-0.2, 0) is 27.1 Å². The summed E-state index contributed by atoms with van der Waals surface area (Å²) in [5, 5.41) is 0. The van der Waals surface area contributed by atoms with Crippen LogP contribution in [0, 0.1) is 0 Å². The lowest BCUT2D eigenvalue weighted by Gasteiger charge is -2.36. The molecule has 0 bridgehead atoms. The summed E-state index contributed by atoms with van der Waals surface area (Å²) in [7, 11) is 1.73. The molecule has 4 rings (SSSR count). The molecule has 0 aliphatic carbocycles. The second kappa shape index (κ2) is 10.1. The van der Waals surface area contributed by atoms with Gasteiger partial charge in [0.25, 0.3) is 6.02 Å². The maximum absolute atomic E-state index is 6.60. The molecule has 0 amide bonds. The van der Waals surface area contributed by atoms with Gasteiger partial charge in [0, 0.05) is 6.54 Å². The van der Waals surface area contributed by atoms with E-state index >= 15 is 0 Å². The molecule has 172 valence electrons. The Morgan fingerprint density at radius 3 is 2.09 bits per heavy atom. The smallest absolute Gasteiger partial charge is 0.287 e. The van der Waals surface area contributed by atoms with E-state index in [2.05, 4.69) is 66.4 Å². The van der Waals surface area contributed by atoms with E-state index in [9.17, 15) is 0 Å². The van der Waals surface area contributed by atoms with Crippen molar-refractivity contribution in [3.63, 3.8) is 0 Å². The molecular formula is C27H36N2O3. The lowest BCUT2D eigenvalue weighted by atomic mass is 9.91. The average molecular weight is 437 g/mol. The molecule has 2 aromatic rings. The van der Waals surface area contributed by atoms with Gasteiger partial charge in [-0.25, -0.2) is 4.99 Å². The number of fused-ring (bicyclic) bond motifs is 1. The van der Waals surface area contributed by atoms with Crippen LogP contribution in [-0.4, -0.2) is 54.7 Å². The first kappa shape index (κ1) is 22.8. The van der Waals surface area contributed by atoms with Crippen molar-refractivity contribution in [1.29, 1.82) is 0 Å². The van der Waals surface area contributed by atoms with Crippen molar-refractivity contribution in [1.82, 2.24) is 4.90 Å². The van der Waals surface area contributed by atoms with Crippen LogP contribution >= 0.6 is 0 Å². The van der Waals surface area contributed by atoms with E-state index in [1.165, 1.54) is 11.1 Å². The van der Waals surface area contributed by atoms with Crippen molar-refractivity contribution < 1.29 is 14.2 Å². The number of hydrogen-bond acceptors (Lipinski definition) is 5.